The largest absolute Gasteiger partial charge is 0.339 e. The van der Waals surface area contributed by atoms with Crippen molar-refractivity contribution in [3.05, 3.63) is 42.2 Å². The molecule has 0 atom stereocenters. The average Bonchev–Trinajstić information content (AvgIpc) is 3.01. The Balaban J connectivity index is 1.89. The van der Waals surface area contributed by atoms with Crippen LogP contribution in [0.1, 0.15) is 0 Å². The van der Waals surface area contributed by atoms with E-state index in [4.69, 9.17) is 0 Å². The fraction of sp³-hybridized carbons (Fsp3) is 0. The second-order valence-corrected chi connectivity index (χ2v) is 5.83. The lowest BCUT2D eigenvalue weighted by Gasteiger charge is -2.05. The van der Waals surface area contributed by atoms with Crippen LogP contribution in [-0.2, 0) is 0 Å². The number of nitrogens with zero attached hydrogens (tertiary/aromatic N) is 3. The first-order chi connectivity index (χ1) is 9.42. The summed E-state index contributed by atoms with van der Waals surface area (Å²) in [6, 6.07) is 10.0. The number of fused-ring (bicyclic) bond motifs is 3. The Hall–Kier alpha value is -2.05. The van der Waals surface area contributed by atoms with Crippen LogP contribution >= 0.6 is 22.7 Å². The summed E-state index contributed by atoms with van der Waals surface area (Å²) in [4.78, 5) is 14.1. The Labute approximate surface area is 116 Å². The zero-order valence-corrected chi connectivity index (χ0v) is 11.3. The Morgan fingerprint density at radius 2 is 1.84 bits per heavy atom. The topological polar surface area (TPSA) is 50.7 Å². The maximum atomic E-state index is 4.37. The highest BCUT2D eigenvalue weighted by atomic mass is 32.1. The zero-order chi connectivity index (χ0) is 12.7. The minimum absolute atomic E-state index is 0.839. The summed E-state index contributed by atoms with van der Waals surface area (Å²) < 4.78 is 2.19. The van der Waals surface area contributed by atoms with Gasteiger partial charge in [-0.3, -0.25) is 0 Å². The highest BCUT2D eigenvalue weighted by Crippen LogP contribution is 2.37. The van der Waals surface area contributed by atoms with Gasteiger partial charge >= 0.3 is 0 Å². The molecule has 6 heteroatoms. The number of anilines is 2. The summed E-state index contributed by atoms with van der Waals surface area (Å²) >= 11 is 3.25. The van der Waals surface area contributed by atoms with Gasteiger partial charge in [-0.25, -0.2) is 15.0 Å². The van der Waals surface area contributed by atoms with Crippen molar-refractivity contribution in [3.63, 3.8) is 0 Å². The Kier molecular flexibility index (Phi) is 2.43. The van der Waals surface area contributed by atoms with Crippen LogP contribution in [0.25, 0.3) is 19.7 Å². The summed E-state index contributed by atoms with van der Waals surface area (Å²) in [6.07, 6.45) is 1.60. The molecule has 0 saturated carbocycles. The first kappa shape index (κ1) is 10.8. The predicted octanol–water partition coefficient (Wildman–Crippen LogP) is 4.04. The minimum Gasteiger partial charge on any atom is -0.339 e. The van der Waals surface area contributed by atoms with Gasteiger partial charge in [0, 0.05) is 5.69 Å². The van der Waals surface area contributed by atoms with Gasteiger partial charge in [0.1, 0.15) is 16.7 Å². The van der Waals surface area contributed by atoms with Crippen LogP contribution in [0.5, 0.6) is 0 Å². The van der Waals surface area contributed by atoms with Crippen molar-refractivity contribution < 1.29 is 0 Å². The lowest BCUT2D eigenvalue weighted by molar-refractivity contribution is 1.23. The quantitative estimate of drug-likeness (QED) is 0.603. The lowest BCUT2D eigenvalue weighted by atomic mass is 10.3. The van der Waals surface area contributed by atoms with Gasteiger partial charge in [0.05, 0.1) is 14.9 Å². The number of hydrogen-bond donors (Lipinski definition) is 1. The molecule has 4 aromatic rings. The van der Waals surface area contributed by atoms with Crippen LogP contribution in [0.2, 0.25) is 0 Å². The third kappa shape index (κ3) is 1.76. The van der Waals surface area contributed by atoms with Crippen LogP contribution in [-0.4, -0.2) is 15.0 Å². The van der Waals surface area contributed by atoms with Crippen LogP contribution in [0.4, 0.5) is 11.5 Å². The molecule has 0 aliphatic rings. The van der Waals surface area contributed by atoms with Crippen molar-refractivity contribution >= 4 is 53.9 Å². The first-order valence-corrected chi connectivity index (χ1v) is 7.40. The molecule has 3 aromatic heterocycles. The van der Waals surface area contributed by atoms with E-state index >= 15 is 0 Å². The molecule has 3 heterocycles. The van der Waals surface area contributed by atoms with Crippen LogP contribution in [0.15, 0.2) is 42.2 Å². The molecular weight excluding hydrogens is 276 g/mol. The molecule has 0 unspecified atom stereocenters. The maximum Gasteiger partial charge on any atom is 0.151 e. The van der Waals surface area contributed by atoms with Gasteiger partial charge < -0.3 is 5.32 Å². The standard InChI is InChI=1S/C13H8N4S2/c1-2-4-8(5-3-1)17-12-10-9(14-6-15-12)11-13(19-10)16-7-18-11/h1-7H,(H,14,15,17). The summed E-state index contributed by atoms with van der Waals surface area (Å²) in [7, 11) is 0. The highest BCUT2D eigenvalue weighted by Gasteiger charge is 2.13. The number of rotatable bonds is 2. The molecule has 19 heavy (non-hydrogen) atoms. The van der Waals surface area contributed by atoms with Gasteiger partial charge in [-0.05, 0) is 12.1 Å². The minimum atomic E-state index is 0.839. The molecule has 0 saturated heterocycles. The molecule has 0 fully saturated rings. The molecule has 92 valence electrons. The van der Waals surface area contributed by atoms with E-state index < -0.39 is 0 Å². The van der Waals surface area contributed by atoms with E-state index in [0.717, 1.165) is 31.3 Å². The summed E-state index contributed by atoms with van der Waals surface area (Å²) in [5.74, 6) is 0.839. The van der Waals surface area contributed by atoms with Gasteiger partial charge in [0.25, 0.3) is 0 Å². The van der Waals surface area contributed by atoms with Gasteiger partial charge in [-0.15, -0.1) is 22.7 Å². The number of benzene rings is 1. The van der Waals surface area contributed by atoms with Crippen LogP contribution in [0, 0.1) is 0 Å². The van der Waals surface area contributed by atoms with E-state index in [2.05, 4.69) is 20.3 Å². The Bertz CT molecular complexity index is 851. The normalized spacial score (nSPS) is 11.2. The highest BCUT2D eigenvalue weighted by molar-refractivity contribution is 7.31. The van der Waals surface area contributed by atoms with Crippen molar-refractivity contribution in [3.8, 4) is 0 Å². The lowest BCUT2D eigenvalue weighted by Crippen LogP contribution is -1.93. The van der Waals surface area contributed by atoms with E-state index in [-0.39, 0.29) is 0 Å². The molecule has 4 rings (SSSR count). The summed E-state index contributed by atoms with van der Waals surface area (Å²) in [5.41, 5.74) is 3.86. The SMILES string of the molecule is c1ccc(Nc2ncnc3c2sc2ncsc23)cc1. The van der Waals surface area contributed by atoms with E-state index in [0.29, 0.717) is 0 Å². The number of hydrogen-bond acceptors (Lipinski definition) is 6. The van der Waals surface area contributed by atoms with Crippen molar-refractivity contribution in [2.45, 2.75) is 0 Å². The van der Waals surface area contributed by atoms with Crippen molar-refractivity contribution in [1.29, 1.82) is 0 Å². The molecule has 1 aromatic carbocycles. The average molecular weight is 284 g/mol. The molecule has 0 amide bonds. The van der Waals surface area contributed by atoms with E-state index in [1.807, 2.05) is 35.8 Å². The first-order valence-electron chi connectivity index (χ1n) is 5.70. The summed E-state index contributed by atoms with van der Waals surface area (Å²) in [6.45, 7) is 0. The molecule has 0 spiro atoms. The predicted molar refractivity (Wildman–Crippen MR) is 80.3 cm³/mol. The molecule has 0 radical (unpaired) electrons. The van der Waals surface area contributed by atoms with Crippen LogP contribution in [0.3, 0.4) is 0 Å². The maximum absolute atomic E-state index is 4.37. The van der Waals surface area contributed by atoms with Crippen molar-refractivity contribution in [2.24, 2.45) is 0 Å². The second kappa shape index (κ2) is 4.25. The van der Waals surface area contributed by atoms with E-state index in [1.165, 1.54) is 0 Å². The Morgan fingerprint density at radius 1 is 0.947 bits per heavy atom. The fourth-order valence-corrected chi connectivity index (χ4v) is 3.97. The molecule has 1 N–H and O–H groups in total. The fourth-order valence-electron chi connectivity index (χ4n) is 1.94. The number of thiophene rings is 1. The van der Waals surface area contributed by atoms with Gasteiger partial charge in [0.15, 0.2) is 5.82 Å². The Morgan fingerprint density at radius 3 is 2.74 bits per heavy atom. The summed E-state index contributed by atoms with van der Waals surface area (Å²) in [5, 5.41) is 3.33. The van der Waals surface area contributed by atoms with E-state index in [1.54, 1.807) is 29.0 Å². The number of aromatic nitrogens is 3. The number of para-hydroxylation sites is 1. The van der Waals surface area contributed by atoms with Crippen LogP contribution < -0.4 is 5.32 Å². The molecule has 0 aliphatic carbocycles. The molecule has 4 nitrogen and oxygen atoms in total. The third-order valence-corrected chi connectivity index (χ3v) is 4.85. The monoisotopic (exact) mass is 284 g/mol. The second-order valence-electron chi connectivity index (χ2n) is 3.98. The number of nitrogens with one attached hydrogen (secondary N) is 1. The van der Waals surface area contributed by atoms with Gasteiger partial charge in [-0.1, -0.05) is 18.2 Å². The third-order valence-electron chi connectivity index (χ3n) is 2.79. The molecule has 0 aliphatic heterocycles. The molecular formula is C13H8N4S2. The van der Waals surface area contributed by atoms with Gasteiger partial charge in [0.2, 0.25) is 0 Å². The van der Waals surface area contributed by atoms with Crippen molar-refractivity contribution in [2.75, 3.05) is 5.32 Å². The van der Waals surface area contributed by atoms with Crippen molar-refractivity contribution in [1.82, 2.24) is 15.0 Å². The van der Waals surface area contributed by atoms with Gasteiger partial charge in [-0.2, -0.15) is 0 Å². The van der Waals surface area contributed by atoms with E-state index in [9.17, 15) is 0 Å². The number of thiazole rings is 1. The zero-order valence-electron chi connectivity index (χ0n) is 9.70. The molecule has 0 bridgehead atoms. The smallest absolute Gasteiger partial charge is 0.151 e.